The lowest BCUT2D eigenvalue weighted by atomic mass is 10.2. The first-order valence-corrected chi connectivity index (χ1v) is 9.89. The van der Waals surface area contributed by atoms with Crippen molar-refractivity contribution in [3.8, 4) is 5.75 Å². The Hall–Kier alpha value is -2.78. The molecule has 1 aromatic heterocycles. The first-order chi connectivity index (χ1) is 12.9. The topological polar surface area (TPSA) is 106 Å². The molecule has 0 bridgehead atoms. The molecular weight excluding hydrogens is 370 g/mol. The molecule has 27 heavy (non-hydrogen) atoms. The Morgan fingerprint density at radius 1 is 1.22 bits per heavy atom. The average molecular weight is 387 g/mol. The van der Waals surface area contributed by atoms with E-state index in [2.05, 4.69) is 9.71 Å². The number of nitrogens with zero attached hydrogens (tertiary/aromatic N) is 2. The standard InChI is InChI=1S/C18H17N3O5S/c1-26-14-7-4-11(9-15(14)27(24,25)20-12-5-6-12)10-21-17(22)13-3-2-8-19-16(13)18(21)23/h2-4,7-9,12,20H,5-6,10H2,1H3. The maximum Gasteiger partial charge on any atom is 0.280 e. The molecule has 2 heterocycles. The van der Waals surface area contributed by atoms with Crippen molar-refractivity contribution in [2.24, 2.45) is 0 Å². The molecule has 140 valence electrons. The van der Waals surface area contributed by atoms with E-state index in [1.54, 1.807) is 18.2 Å². The Morgan fingerprint density at radius 2 is 2.00 bits per heavy atom. The van der Waals surface area contributed by atoms with Crippen molar-refractivity contribution >= 4 is 21.8 Å². The van der Waals surface area contributed by atoms with Crippen LogP contribution in [0.25, 0.3) is 0 Å². The van der Waals surface area contributed by atoms with Crippen LogP contribution < -0.4 is 9.46 Å². The minimum atomic E-state index is -3.75. The van der Waals surface area contributed by atoms with E-state index in [0.29, 0.717) is 5.56 Å². The van der Waals surface area contributed by atoms with Gasteiger partial charge in [-0.3, -0.25) is 19.5 Å². The largest absolute Gasteiger partial charge is 0.495 e. The fraction of sp³-hybridized carbons (Fsp3) is 0.278. The summed E-state index contributed by atoms with van der Waals surface area (Å²) < 4.78 is 33.0. The minimum absolute atomic E-state index is 0.0101. The van der Waals surface area contributed by atoms with Crippen LogP contribution in [-0.2, 0) is 16.6 Å². The lowest BCUT2D eigenvalue weighted by molar-refractivity contribution is 0.0640. The van der Waals surface area contributed by atoms with Crippen LogP contribution in [0.1, 0.15) is 39.3 Å². The molecule has 1 aliphatic carbocycles. The van der Waals surface area contributed by atoms with E-state index in [9.17, 15) is 18.0 Å². The molecule has 2 aromatic rings. The summed E-state index contributed by atoms with van der Waals surface area (Å²) in [6, 6.07) is 7.67. The van der Waals surface area contributed by atoms with Gasteiger partial charge in [0.2, 0.25) is 10.0 Å². The van der Waals surface area contributed by atoms with Gasteiger partial charge in [-0.15, -0.1) is 0 Å². The zero-order valence-electron chi connectivity index (χ0n) is 14.5. The maximum atomic E-state index is 12.6. The van der Waals surface area contributed by atoms with Gasteiger partial charge < -0.3 is 4.74 Å². The third-order valence-electron chi connectivity index (χ3n) is 4.49. The summed E-state index contributed by atoms with van der Waals surface area (Å²) in [6.07, 6.45) is 3.07. The molecule has 0 saturated heterocycles. The van der Waals surface area contributed by atoms with Gasteiger partial charge in [-0.25, -0.2) is 13.1 Å². The zero-order chi connectivity index (χ0) is 19.2. The molecule has 2 aliphatic rings. The molecule has 0 spiro atoms. The number of sulfonamides is 1. The highest BCUT2D eigenvalue weighted by atomic mass is 32.2. The summed E-state index contributed by atoms with van der Waals surface area (Å²) in [5.41, 5.74) is 0.861. The number of benzene rings is 1. The van der Waals surface area contributed by atoms with Crippen molar-refractivity contribution in [3.63, 3.8) is 0 Å². The number of rotatable bonds is 6. The molecule has 9 heteroatoms. The molecule has 0 radical (unpaired) electrons. The van der Waals surface area contributed by atoms with E-state index in [1.807, 2.05) is 0 Å². The second kappa shape index (κ2) is 6.43. The number of amides is 2. The average Bonchev–Trinajstić information content (AvgIpc) is 3.44. The quantitative estimate of drug-likeness (QED) is 0.750. The van der Waals surface area contributed by atoms with Crippen LogP contribution in [0.4, 0.5) is 0 Å². The summed E-state index contributed by atoms with van der Waals surface area (Å²) in [5, 5.41) is 0. The van der Waals surface area contributed by atoms with Crippen LogP contribution in [0.3, 0.4) is 0 Å². The molecule has 1 fully saturated rings. The second-order valence-electron chi connectivity index (χ2n) is 6.48. The molecule has 1 saturated carbocycles. The van der Waals surface area contributed by atoms with E-state index in [-0.39, 0.29) is 34.5 Å². The van der Waals surface area contributed by atoms with Crippen molar-refractivity contribution < 1.29 is 22.7 Å². The fourth-order valence-electron chi connectivity index (χ4n) is 2.95. The summed E-state index contributed by atoms with van der Waals surface area (Å²) in [5.74, 6) is -0.734. The van der Waals surface area contributed by atoms with Crippen LogP contribution >= 0.6 is 0 Å². The number of carbonyl (C=O) groups is 2. The van der Waals surface area contributed by atoms with E-state index >= 15 is 0 Å². The van der Waals surface area contributed by atoms with Crippen molar-refractivity contribution in [1.29, 1.82) is 0 Å². The summed E-state index contributed by atoms with van der Waals surface area (Å²) in [6.45, 7) is -0.0516. The van der Waals surface area contributed by atoms with Gasteiger partial charge in [0.1, 0.15) is 16.3 Å². The molecule has 8 nitrogen and oxygen atoms in total. The summed E-state index contributed by atoms with van der Waals surface area (Å²) in [7, 11) is -2.36. The Labute approximate surface area is 156 Å². The Morgan fingerprint density at radius 3 is 2.67 bits per heavy atom. The van der Waals surface area contributed by atoms with Crippen LogP contribution in [0, 0.1) is 0 Å². The van der Waals surface area contributed by atoms with Gasteiger partial charge >= 0.3 is 0 Å². The van der Waals surface area contributed by atoms with E-state index in [1.165, 1.54) is 25.4 Å². The van der Waals surface area contributed by atoms with Gasteiger partial charge in [0, 0.05) is 12.2 Å². The lowest BCUT2D eigenvalue weighted by Gasteiger charge is -2.16. The maximum absolute atomic E-state index is 12.6. The normalized spacial score (nSPS) is 16.6. The molecule has 2 amide bonds. The van der Waals surface area contributed by atoms with Crippen molar-refractivity contribution in [3.05, 3.63) is 53.3 Å². The number of ether oxygens (including phenoxy) is 1. The molecule has 0 unspecified atom stereocenters. The Balaban J connectivity index is 1.65. The van der Waals surface area contributed by atoms with Crippen LogP contribution in [0.2, 0.25) is 0 Å². The number of carbonyl (C=O) groups excluding carboxylic acids is 2. The molecule has 1 aromatic carbocycles. The van der Waals surface area contributed by atoms with E-state index in [0.717, 1.165) is 17.7 Å². The molecule has 1 N–H and O–H groups in total. The van der Waals surface area contributed by atoms with Crippen LogP contribution in [0.5, 0.6) is 5.75 Å². The number of nitrogens with one attached hydrogen (secondary N) is 1. The molecule has 0 atom stereocenters. The lowest BCUT2D eigenvalue weighted by Crippen LogP contribution is -2.30. The molecule has 1 aliphatic heterocycles. The predicted octanol–water partition coefficient (Wildman–Crippen LogP) is 1.33. The third kappa shape index (κ3) is 3.19. The van der Waals surface area contributed by atoms with Gasteiger partial charge in [0.15, 0.2) is 0 Å². The van der Waals surface area contributed by atoms with E-state index < -0.39 is 21.8 Å². The van der Waals surface area contributed by atoms with Gasteiger partial charge in [-0.05, 0) is 42.7 Å². The third-order valence-corrected chi connectivity index (χ3v) is 6.03. The molecular formula is C18H17N3O5S. The second-order valence-corrected chi connectivity index (χ2v) is 8.16. The highest BCUT2D eigenvalue weighted by Gasteiger charge is 2.37. The van der Waals surface area contributed by atoms with Gasteiger partial charge in [0.25, 0.3) is 11.8 Å². The summed E-state index contributed by atoms with van der Waals surface area (Å²) in [4.78, 5) is 30.0. The fourth-order valence-corrected chi connectivity index (χ4v) is 4.48. The number of imide groups is 1. The predicted molar refractivity (Wildman–Crippen MR) is 94.8 cm³/mol. The minimum Gasteiger partial charge on any atom is -0.495 e. The first-order valence-electron chi connectivity index (χ1n) is 8.41. The Kier molecular flexibility index (Phi) is 4.20. The number of methoxy groups -OCH3 is 1. The van der Waals surface area contributed by atoms with Crippen molar-refractivity contribution in [2.75, 3.05) is 7.11 Å². The van der Waals surface area contributed by atoms with Crippen LogP contribution in [-0.4, -0.2) is 43.3 Å². The highest BCUT2D eigenvalue weighted by Crippen LogP contribution is 2.30. The smallest absolute Gasteiger partial charge is 0.280 e. The Bertz CT molecular complexity index is 1010. The number of hydrogen-bond donors (Lipinski definition) is 1. The highest BCUT2D eigenvalue weighted by molar-refractivity contribution is 7.89. The van der Waals surface area contributed by atoms with Crippen LogP contribution in [0.15, 0.2) is 41.4 Å². The monoisotopic (exact) mass is 387 g/mol. The van der Waals surface area contributed by atoms with Crippen molar-refractivity contribution in [1.82, 2.24) is 14.6 Å². The van der Waals surface area contributed by atoms with Gasteiger partial charge in [-0.1, -0.05) is 6.07 Å². The van der Waals surface area contributed by atoms with E-state index in [4.69, 9.17) is 4.74 Å². The zero-order valence-corrected chi connectivity index (χ0v) is 15.3. The van der Waals surface area contributed by atoms with Gasteiger partial charge in [-0.2, -0.15) is 0 Å². The van der Waals surface area contributed by atoms with Crippen molar-refractivity contribution in [2.45, 2.75) is 30.3 Å². The number of aromatic nitrogens is 1. The summed E-state index contributed by atoms with van der Waals surface area (Å²) >= 11 is 0. The number of hydrogen-bond acceptors (Lipinski definition) is 6. The number of pyridine rings is 1. The molecule has 4 rings (SSSR count). The SMILES string of the molecule is COc1ccc(CN2C(=O)c3cccnc3C2=O)cc1S(=O)(=O)NC1CC1. The first kappa shape index (κ1) is 17.6. The number of fused-ring (bicyclic) bond motifs is 1. The van der Waals surface area contributed by atoms with Gasteiger partial charge in [0.05, 0.1) is 19.2 Å².